The van der Waals surface area contributed by atoms with Gasteiger partial charge in [-0.05, 0) is 48.9 Å². The molecule has 0 spiro atoms. The number of ether oxygens (including phenoxy) is 1. The Balaban J connectivity index is 0.000000538. The molecule has 0 aliphatic heterocycles. The number of carboxylic acids is 1. The summed E-state index contributed by atoms with van der Waals surface area (Å²) in [5.74, 6) is 1.22. The first-order valence-electron chi connectivity index (χ1n) is 11.2. The van der Waals surface area contributed by atoms with Gasteiger partial charge in [0.1, 0.15) is 5.76 Å². The van der Waals surface area contributed by atoms with E-state index in [1.54, 1.807) is 56.0 Å². The molecule has 8 nitrogen and oxygen atoms in total. The second-order valence-electron chi connectivity index (χ2n) is 7.47. The minimum atomic E-state index is -0.957. The van der Waals surface area contributed by atoms with Crippen molar-refractivity contribution in [3.63, 3.8) is 0 Å². The van der Waals surface area contributed by atoms with E-state index in [1.807, 2.05) is 43.3 Å². The van der Waals surface area contributed by atoms with Gasteiger partial charge >= 0.3 is 5.97 Å². The van der Waals surface area contributed by atoms with Crippen molar-refractivity contribution in [2.24, 2.45) is 0 Å². The molecule has 36 heavy (non-hydrogen) atoms. The minimum Gasteiger partial charge on any atom is -0.504 e. The second kappa shape index (κ2) is 13.2. The molecular formula is C28H27N3O5. The van der Waals surface area contributed by atoms with Crippen molar-refractivity contribution < 1.29 is 23.5 Å². The van der Waals surface area contributed by atoms with Gasteiger partial charge in [0.25, 0.3) is 0 Å². The summed E-state index contributed by atoms with van der Waals surface area (Å²) >= 11 is 0. The Morgan fingerprint density at radius 1 is 1.08 bits per heavy atom. The zero-order valence-corrected chi connectivity index (χ0v) is 20.1. The Labute approximate surface area is 209 Å². The molecule has 0 saturated heterocycles. The van der Waals surface area contributed by atoms with E-state index in [4.69, 9.17) is 13.9 Å². The van der Waals surface area contributed by atoms with Gasteiger partial charge in [0.05, 0.1) is 31.6 Å². The van der Waals surface area contributed by atoms with Crippen LogP contribution in [0.2, 0.25) is 0 Å². The van der Waals surface area contributed by atoms with E-state index in [2.05, 4.69) is 26.5 Å². The third kappa shape index (κ3) is 7.39. The molecule has 0 unspecified atom stereocenters. The van der Waals surface area contributed by atoms with Crippen molar-refractivity contribution in [2.45, 2.75) is 19.8 Å². The first-order chi connectivity index (χ1) is 17.5. The molecule has 0 atom stereocenters. The van der Waals surface area contributed by atoms with Crippen LogP contribution in [0.25, 0.3) is 22.9 Å². The number of hydrogen-bond acceptors (Lipinski definition) is 7. The molecule has 4 rings (SSSR count). The molecule has 0 saturated carbocycles. The smallest absolute Gasteiger partial charge is 0.335 e. The molecule has 2 heterocycles. The quantitative estimate of drug-likeness (QED) is 0.171. The van der Waals surface area contributed by atoms with E-state index in [1.165, 1.54) is 0 Å². The van der Waals surface area contributed by atoms with Crippen molar-refractivity contribution in [2.75, 3.05) is 7.11 Å². The molecule has 0 aliphatic carbocycles. The van der Waals surface area contributed by atoms with Gasteiger partial charge in [0.2, 0.25) is 17.7 Å². The number of rotatable bonds is 9. The Morgan fingerprint density at radius 2 is 1.83 bits per heavy atom. The number of allylic oxidation sites excluding steroid dienone is 4. The van der Waals surface area contributed by atoms with E-state index in [0.29, 0.717) is 30.5 Å². The molecule has 184 valence electrons. The highest BCUT2D eigenvalue weighted by Gasteiger charge is 2.13. The molecule has 0 amide bonds. The summed E-state index contributed by atoms with van der Waals surface area (Å²) in [5.41, 5.74) is 2.71. The molecule has 0 aliphatic rings. The maximum absolute atomic E-state index is 11.0. The fourth-order valence-corrected chi connectivity index (χ4v) is 3.07. The standard InChI is InChI=1S/C23H19N3O4.C5H8O/c1-2-3-7-19-14-24-21(29-19)17-5-4-6-18(13-17)22-26-25-20(30-22)12-15-8-10-16(11-9-15)23(27)28;1-3-4-5-6-2/h2-6,8-11,13-14H,7,12H2,1H3,(H,27,28);3-5H,1H2,2H3/b3-2-;5-4+. The van der Waals surface area contributed by atoms with Crippen molar-refractivity contribution in [1.29, 1.82) is 0 Å². The van der Waals surface area contributed by atoms with Gasteiger partial charge in [-0.2, -0.15) is 0 Å². The zero-order valence-electron chi connectivity index (χ0n) is 20.1. The fourth-order valence-electron chi connectivity index (χ4n) is 3.07. The van der Waals surface area contributed by atoms with Crippen LogP contribution in [-0.4, -0.2) is 33.4 Å². The van der Waals surface area contributed by atoms with Crippen LogP contribution in [0.15, 0.2) is 101 Å². The predicted octanol–water partition coefficient (Wildman–Crippen LogP) is 6.13. The number of oxazole rings is 1. The lowest BCUT2D eigenvalue weighted by molar-refractivity contribution is 0.0697. The zero-order chi connectivity index (χ0) is 25.8. The Hall–Kier alpha value is -4.72. The van der Waals surface area contributed by atoms with E-state index in [9.17, 15) is 4.79 Å². The number of benzene rings is 2. The van der Waals surface area contributed by atoms with E-state index in [-0.39, 0.29) is 5.56 Å². The predicted molar refractivity (Wildman–Crippen MR) is 136 cm³/mol. The Bertz CT molecular complexity index is 1330. The Morgan fingerprint density at radius 3 is 2.47 bits per heavy atom. The highest BCUT2D eigenvalue weighted by atomic mass is 16.5. The molecule has 2 aromatic carbocycles. The van der Waals surface area contributed by atoms with Gasteiger partial charge in [-0.15, -0.1) is 10.2 Å². The summed E-state index contributed by atoms with van der Waals surface area (Å²) in [6, 6.07) is 14.2. The summed E-state index contributed by atoms with van der Waals surface area (Å²) in [4.78, 5) is 15.3. The van der Waals surface area contributed by atoms with Crippen molar-refractivity contribution in [3.8, 4) is 22.9 Å². The van der Waals surface area contributed by atoms with Gasteiger partial charge in [0, 0.05) is 17.5 Å². The van der Waals surface area contributed by atoms with Crippen molar-refractivity contribution >= 4 is 5.97 Å². The SMILES string of the molecule is C/C=C\Cc1cnc(-c2cccc(-c3nnc(Cc4ccc(C(=O)O)cc4)o3)c2)o1.C=C/C=C/OC. The van der Waals surface area contributed by atoms with E-state index >= 15 is 0 Å². The lowest BCUT2D eigenvalue weighted by atomic mass is 10.1. The molecule has 8 heteroatoms. The molecule has 0 fully saturated rings. The Kier molecular flexibility index (Phi) is 9.52. The molecule has 0 bridgehead atoms. The van der Waals surface area contributed by atoms with Crippen LogP contribution >= 0.6 is 0 Å². The average molecular weight is 486 g/mol. The van der Waals surface area contributed by atoms with Crippen LogP contribution in [0.5, 0.6) is 0 Å². The van der Waals surface area contributed by atoms with Crippen LogP contribution in [0.1, 0.15) is 34.5 Å². The number of methoxy groups -OCH3 is 1. The molecule has 4 aromatic rings. The first-order valence-corrected chi connectivity index (χ1v) is 11.2. The van der Waals surface area contributed by atoms with E-state index < -0.39 is 5.97 Å². The lowest BCUT2D eigenvalue weighted by Gasteiger charge is -2.00. The van der Waals surface area contributed by atoms with Crippen LogP contribution in [0.3, 0.4) is 0 Å². The number of carboxylic acid groups (broad SMARTS) is 1. The molecule has 0 radical (unpaired) electrons. The summed E-state index contributed by atoms with van der Waals surface area (Å²) < 4.78 is 16.1. The monoisotopic (exact) mass is 485 g/mol. The summed E-state index contributed by atoms with van der Waals surface area (Å²) in [7, 11) is 1.60. The van der Waals surface area contributed by atoms with Crippen molar-refractivity contribution in [1.82, 2.24) is 15.2 Å². The summed E-state index contributed by atoms with van der Waals surface area (Å²) in [6.07, 6.45) is 11.8. The summed E-state index contributed by atoms with van der Waals surface area (Å²) in [5, 5.41) is 17.2. The van der Waals surface area contributed by atoms with Crippen LogP contribution in [0.4, 0.5) is 0 Å². The molecular weight excluding hydrogens is 458 g/mol. The van der Waals surface area contributed by atoms with Crippen LogP contribution in [0, 0.1) is 0 Å². The third-order valence-corrected chi connectivity index (χ3v) is 4.84. The second-order valence-corrected chi connectivity index (χ2v) is 7.47. The fraction of sp³-hybridized carbons (Fsp3) is 0.143. The molecule has 2 aromatic heterocycles. The highest BCUT2D eigenvalue weighted by Crippen LogP contribution is 2.26. The number of aromatic nitrogens is 3. The maximum Gasteiger partial charge on any atom is 0.335 e. The van der Waals surface area contributed by atoms with E-state index in [0.717, 1.165) is 22.5 Å². The largest absolute Gasteiger partial charge is 0.504 e. The van der Waals surface area contributed by atoms with Crippen LogP contribution in [-0.2, 0) is 17.6 Å². The van der Waals surface area contributed by atoms with Crippen molar-refractivity contribution in [3.05, 3.63) is 115 Å². The number of carbonyl (C=O) groups is 1. The molecule has 1 N–H and O–H groups in total. The van der Waals surface area contributed by atoms with Gasteiger partial charge in [-0.25, -0.2) is 9.78 Å². The summed E-state index contributed by atoms with van der Waals surface area (Å²) in [6.45, 7) is 5.39. The number of hydrogen-bond donors (Lipinski definition) is 1. The lowest BCUT2D eigenvalue weighted by Crippen LogP contribution is -1.96. The maximum atomic E-state index is 11.0. The van der Waals surface area contributed by atoms with Gasteiger partial charge in [-0.1, -0.05) is 43.0 Å². The normalized spacial score (nSPS) is 10.8. The number of nitrogens with zero attached hydrogens (tertiary/aromatic N) is 3. The highest BCUT2D eigenvalue weighted by molar-refractivity contribution is 5.87. The minimum absolute atomic E-state index is 0.238. The van der Waals surface area contributed by atoms with Crippen LogP contribution < -0.4 is 0 Å². The third-order valence-electron chi connectivity index (χ3n) is 4.84. The first kappa shape index (κ1) is 25.9. The topological polar surface area (TPSA) is 111 Å². The van der Waals surface area contributed by atoms with Gasteiger partial charge in [-0.3, -0.25) is 0 Å². The van der Waals surface area contributed by atoms with Gasteiger partial charge < -0.3 is 18.7 Å². The average Bonchev–Trinajstić information content (AvgIpc) is 3.57. The van der Waals surface area contributed by atoms with Gasteiger partial charge in [0.15, 0.2) is 0 Å². The number of aromatic carboxylic acids is 1.